The minimum Gasteiger partial charge on any atom is -0.280 e. The molecule has 0 aliphatic rings. The molecule has 0 aliphatic heterocycles. The topological polar surface area (TPSA) is 46.2 Å². The summed E-state index contributed by atoms with van der Waals surface area (Å²) < 4.78 is 65.2. The molecule has 0 unspecified atom stereocenters. The molecule has 0 radical (unpaired) electrons. The molecule has 2 aromatic rings. The second-order valence-corrected chi connectivity index (χ2v) is 6.78. The van der Waals surface area contributed by atoms with Crippen molar-refractivity contribution < 1.29 is 21.6 Å². The van der Waals surface area contributed by atoms with E-state index < -0.39 is 26.7 Å². The number of halogens is 5. The van der Waals surface area contributed by atoms with Crippen LogP contribution in [0.1, 0.15) is 5.56 Å². The first-order valence-corrected chi connectivity index (χ1v) is 7.98. The molecule has 0 bridgehead atoms. The Hall–Kier alpha value is -1.44. The summed E-state index contributed by atoms with van der Waals surface area (Å²) in [4.78, 5) is -0.876. The molecule has 0 fully saturated rings. The summed E-state index contributed by atoms with van der Waals surface area (Å²) in [5.74, 6) is 0. The van der Waals surface area contributed by atoms with E-state index in [4.69, 9.17) is 23.2 Å². The van der Waals surface area contributed by atoms with E-state index >= 15 is 0 Å². The Labute approximate surface area is 134 Å². The average Bonchev–Trinajstić information content (AvgIpc) is 2.36. The third-order valence-corrected chi connectivity index (χ3v) is 4.47. The van der Waals surface area contributed by atoms with Gasteiger partial charge in [-0.25, -0.2) is 8.42 Å². The lowest BCUT2D eigenvalue weighted by Crippen LogP contribution is -2.18. The zero-order valence-electron chi connectivity index (χ0n) is 10.7. The van der Waals surface area contributed by atoms with Gasteiger partial charge in [0.15, 0.2) is 0 Å². The summed E-state index contributed by atoms with van der Waals surface area (Å²) in [7, 11) is -4.45. The first-order chi connectivity index (χ1) is 10.1. The van der Waals surface area contributed by atoms with Gasteiger partial charge in [-0.3, -0.25) is 4.72 Å². The summed E-state index contributed by atoms with van der Waals surface area (Å²) in [6, 6.07) is 7.72. The van der Waals surface area contributed by atoms with Crippen molar-refractivity contribution in [2.75, 3.05) is 4.72 Å². The van der Waals surface area contributed by atoms with Crippen LogP contribution in [-0.2, 0) is 16.2 Å². The predicted molar refractivity (Wildman–Crippen MR) is 78.7 cm³/mol. The lowest BCUT2D eigenvalue weighted by Gasteiger charge is -2.14. The Morgan fingerprint density at radius 1 is 0.955 bits per heavy atom. The van der Waals surface area contributed by atoms with Gasteiger partial charge in [-0.05, 0) is 30.3 Å². The van der Waals surface area contributed by atoms with Crippen molar-refractivity contribution in [2.45, 2.75) is 11.1 Å². The molecule has 3 nitrogen and oxygen atoms in total. The van der Waals surface area contributed by atoms with Gasteiger partial charge in [-0.15, -0.1) is 0 Å². The van der Waals surface area contributed by atoms with Gasteiger partial charge in [0.05, 0.1) is 16.1 Å². The lowest BCUT2D eigenvalue weighted by molar-refractivity contribution is -0.139. The van der Waals surface area contributed by atoms with Crippen molar-refractivity contribution >= 4 is 38.9 Å². The monoisotopic (exact) mass is 369 g/mol. The first kappa shape index (κ1) is 16.9. The highest BCUT2D eigenvalue weighted by Gasteiger charge is 2.36. The van der Waals surface area contributed by atoms with Crippen molar-refractivity contribution in [1.29, 1.82) is 0 Å². The van der Waals surface area contributed by atoms with E-state index in [1.54, 1.807) is 0 Å². The maximum Gasteiger partial charge on any atom is 0.417 e. The van der Waals surface area contributed by atoms with E-state index in [0.717, 1.165) is 12.1 Å². The largest absolute Gasteiger partial charge is 0.417 e. The fraction of sp³-hybridized carbons (Fsp3) is 0.0769. The third-order valence-electron chi connectivity index (χ3n) is 2.60. The molecule has 0 spiro atoms. The quantitative estimate of drug-likeness (QED) is 0.843. The highest BCUT2D eigenvalue weighted by molar-refractivity contribution is 7.92. The van der Waals surface area contributed by atoms with E-state index in [1.807, 2.05) is 4.72 Å². The molecular formula is C13H8Cl2F3NO2S. The lowest BCUT2D eigenvalue weighted by atomic mass is 10.2. The summed E-state index contributed by atoms with van der Waals surface area (Å²) in [6.45, 7) is 0. The Morgan fingerprint density at radius 2 is 1.50 bits per heavy atom. The fourth-order valence-electron chi connectivity index (χ4n) is 1.76. The Morgan fingerprint density at radius 3 is 2.05 bits per heavy atom. The van der Waals surface area contributed by atoms with Crippen LogP contribution in [-0.4, -0.2) is 8.42 Å². The molecule has 0 aromatic heterocycles. The van der Waals surface area contributed by atoms with Crippen LogP contribution in [0.3, 0.4) is 0 Å². The summed E-state index contributed by atoms with van der Waals surface area (Å²) in [6.07, 6.45) is -4.79. The van der Waals surface area contributed by atoms with Gasteiger partial charge in [0, 0.05) is 10.0 Å². The summed E-state index contributed by atoms with van der Waals surface area (Å²) >= 11 is 11.5. The highest BCUT2D eigenvalue weighted by Crippen LogP contribution is 2.35. The van der Waals surface area contributed by atoms with Crippen LogP contribution in [0.5, 0.6) is 0 Å². The summed E-state index contributed by atoms with van der Waals surface area (Å²) in [5.41, 5.74) is -1.29. The Bertz CT molecular complexity index is 787. The molecule has 0 saturated heterocycles. The van der Waals surface area contributed by atoms with Crippen LogP contribution in [0, 0.1) is 0 Å². The van der Waals surface area contributed by atoms with Crippen molar-refractivity contribution in [2.24, 2.45) is 0 Å². The molecule has 9 heteroatoms. The van der Waals surface area contributed by atoms with Crippen molar-refractivity contribution in [3.63, 3.8) is 0 Å². The van der Waals surface area contributed by atoms with Gasteiger partial charge in [-0.1, -0.05) is 35.3 Å². The zero-order valence-corrected chi connectivity index (χ0v) is 13.0. The molecule has 2 aromatic carbocycles. The minimum absolute atomic E-state index is 0.0329. The second kappa shape index (κ2) is 5.98. The second-order valence-electron chi connectivity index (χ2n) is 4.26. The van der Waals surface area contributed by atoms with Gasteiger partial charge in [0.25, 0.3) is 10.0 Å². The molecule has 0 heterocycles. The van der Waals surface area contributed by atoms with Crippen LogP contribution in [0.15, 0.2) is 47.4 Å². The molecule has 2 rings (SSSR count). The molecule has 0 aliphatic carbocycles. The average molecular weight is 370 g/mol. The van der Waals surface area contributed by atoms with Crippen LogP contribution >= 0.6 is 23.2 Å². The van der Waals surface area contributed by atoms with Crippen LogP contribution in [0.4, 0.5) is 18.9 Å². The predicted octanol–water partition coefficient (Wildman–Crippen LogP) is 4.81. The Balaban J connectivity index is 2.48. The smallest absolute Gasteiger partial charge is 0.280 e. The standard InChI is InChI=1S/C13H8Cl2F3NO2S/c14-8-5-9(15)7-10(6-8)19-22(20,21)12-4-2-1-3-11(12)13(16,17)18/h1-7,19H. The van der Waals surface area contributed by atoms with Crippen molar-refractivity contribution in [1.82, 2.24) is 0 Å². The number of benzene rings is 2. The SMILES string of the molecule is O=S(=O)(Nc1cc(Cl)cc(Cl)c1)c1ccccc1C(F)(F)F. The minimum atomic E-state index is -4.79. The number of alkyl halides is 3. The number of hydrogen-bond acceptors (Lipinski definition) is 2. The molecule has 0 atom stereocenters. The van der Waals surface area contributed by atoms with Gasteiger partial charge in [-0.2, -0.15) is 13.2 Å². The van der Waals surface area contributed by atoms with E-state index in [9.17, 15) is 21.6 Å². The number of hydrogen-bond donors (Lipinski definition) is 1. The molecule has 118 valence electrons. The van der Waals surface area contributed by atoms with Gasteiger partial charge in [0.2, 0.25) is 0 Å². The van der Waals surface area contributed by atoms with Crippen molar-refractivity contribution in [3.8, 4) is 0 Å². The van der Waals surface area contributed by atoms with Crippen LogP contribution in [0.2, 0.25) is 10.0 Å². The molecule has 22 heavy (non-hydrogen) atoms. The van der Waals surface area contributed by atoms with E-state index in [0.29, 0.717) is 6.07 Å². The van der Waals surface area contributed by atoms with Gasteiger partial charge >= 0.3 is 6.18 Å². The van der Waals surface area contributed by atoms with Crippen molar-refractivity contribution in [3.05, 3.63) is 58.1 Å². The van der Waals surface area contributed by atoms with E-state index in [1.165, 1.54) is 24.3 Å². The number of nitrogens with one attached hydrogen (secondary N) is 1. The zero-order chi connectivity index (χ0) is 16.5. The molecule has 0 saturated carbocycles. The highest BCUT2D eigenvalue weighted by atomic mass is 35.5. The molecule has 1 N–H and O–H groups in total. The number of sulfonamides is 1. The molecular weight excluding hydrogens is 362 g/mol. The van der Waals surface area contributed by atoms with Gasteiger partial charge in [0.1, 0.15) is 0 Å². The fourth-order valence-corrected chi connectivity index (χ4v) is 3.55. The third kappa shape index (κ3) is 3.85. The number of anilines is 1. The van der Waals surface area contributed by atoms with E-state index in [2.05, 4.69) is 0 Å². The van der Waals surface area contributed by atoms with Crippen LogP contribution in [0.25, 0.3) is 0 Å². The van der Waals surface area contributed by atoms with Crippen LogP contribution < -0.4 is 4.72 Å². The first-order valence-electron chi connectivity index (χ1n) is 5.75. The summed E-state index contributed by atoms with van der Waals surface area (Å²) in [5, 5.41) is 0.295. The Kier molecular flexibility index (Phi) is 4.60. The maximum atomic E-state index is 12.9. The number of rotatable bonds is 3. The van der Waals surface area contributed by atoms with Gasteiger partial charge < -0.3 is 0 Å². The van der Waals surface area contributed by atoms with E-state index in [-0.39, 0.29) is 15.7 Å². The normalized spacial score (nSPS) is 12.2. The molecule has 0 amide bonds. The maximum absolute atomic E-state index is 12.9.